The molecule has 5 nitrogen and oxygen atoms in total. The Hall–Kier alpha value is -1.09. The first-order valence-corrected chi connectivity index (χ1v) is 8.42. The zero-order valence-corrected chi connectivity index (χ0v) is 13.4. The molecule has 1 aromatic rings. The third-order valence-electron chi connectivity index (χ3n) is 3.48. The molecule has 2 N–H and O–H groups in total. The van der Waals surface area contributed by atoms with Gasteiger partial charge in [-0.3, -0.25) is 4.90 Å². The number of benzene rings is 1. The minimum absolute atomic E-state index is 0.0327. The summed E-state index contributed by atoms with van der Waals surface area (Å²) in [5, 5.41) is 0. The van der Waals surface area contributed by atoms with Gasteiger partial charge in [0.1, 0.15) is 5.82 Å². The number of hydrogen-bond donors (Lipinski definition) is 1. The van der Waals surface area contributed by atoms with Crippen LogP contribution >= 0.6 is 12.2 Å². The van der Waals surface area contributed by atoms with E-state index in [1.54, 1.807) is 6.92 Å². The summed E-state index contributed by atoms with van der Waals surface area (Å²) in [7, 11) is -3.66. The molecule has 1 saturated heterocycles. The van der Waals surface area contributed by atoms with Gasteiger partial charge in [0.05, 0.1) is 9.88 Å². The first-order chi connectivity index (χ1) is 9.80. The van der Waals surface area contributed by atoms with Crippen LogP contribution in [0.2, 0.25) is 0 Å². The fourth-order valence-corrected chi connectivity index (χ4v) is 4.18. The lowest BCUT2D eigenvalue weighted by Crippen LogP contribution is -2.50. The van der Waals surface area contributed by atoms with Crippen LogP contribution in [0.1, 0.15) is 5.56 Å². The van der Waals surface area contributed by atoms with Crippen molar-refractivity contribution in [2.24, 2.45) is 5.73 Å². The van der Waals surface area contributed by atoms with E-state index in [4.69, 9.17) is 18.0 Å². The van der Waals surface area contributed by atoms with E-state index in [1.165, 1.54) is 16.4 Å². The fraction of sp³-hybridized carbons (Fsp3) is 0.462. The van der Waals surface area contributed by atoms with E-state index in [9.17, 15) is 12.8 Å². The maximum Gasteiger partial charge on any atom is 0.243 e. The fourth-order valence-electron chi connectivity index (χ4n) is 2.34. The highest BCUT2D eigenvalue weighted by molar-refractivity contribution is 7.89. The number of thiocarbonyl (C=S) groups is 1. The van der Waals surface area contributed by atoms with Crippen LogP contribution < -0.4 is 5.73 Å². The number of hydrogen-bond acceptors (Lipinski definition) is 4. The number of halogens is 1. The molecule has 1 fully saturated rings. The third kappa shape index (κ3) is 3.76. The van der Waals surface area contributed by atoms with E-state index >= 15 is 0 Å². The highest BCUT2D eigenvalue weighted by Crippen LogP contribution is 2.22. The Bertz CT molecular complexity index is 641. The molecule has 21 heavy (non-hydrogen) atoms. The zero-order valence-electron chi connectivity index (χ0n) is 11.8. The molecule has 0 spiro atoms. The molecule has 8 heteroatoms. The van der Waals surface area contributed by atoms with Crippen LogP contribution in [0, 0.1) is 12.7 Å². The van der Waals surface area contributed by atoms with Gasteiger partial charge in [-0.25, -0.2) is 12.8 Å². The van der Waals surface area contributed by atoms with Crippen molar-refractivity contribution in [2.75, 3.05) is 32.7 Å². The summed E-state index contributed by atoms with van der Waals surface area (Å²) in [6.45, 7) is 3.97. The molecule has 0 unspecified atom stereocenters. The topological polar surface area (TPSA) is 66.6 Å². The molecule has 116 valence electrons. The molecular formula is C13H18FN3O2S2. The van der Waals surface area contributed by atoms with Crippen molar-refractivity contribution in [2.45, 2.75) is 11.8 Å². The van der Waals surface area contributed by atoms with Gasteiger partial charge in [0.2, 0.25) is 10.0 Å². The lowest BCUT2D eigenvalue weighted by Gasteiger charge is -2.33. The lowest BCUT2D eigenvalue weighted by atomic mass is 10.2. The van der Waals surface area contributed by atoms with Crippen LogP contribution in [0.15, 0.2) is 23.1 Å². The molecule has 0 aliphatic carbocycles. The van der Waals surface area contributed by atoms with Crippen LogP contribution in [0.3, 0.4) is 0 Å². The Kier molecular flexibility index (Phi) is 4.92. The SMILES string of the molecule is Cc1ccc(F)cc1S(=O)(=O)N1CCN(CC(N)=S)CC1. The molecule has 0 aromatic heterocycles. The van der Waals surface area contributed by atoms with Gasteiger partial charge in [0.15, 0.2) is 0 Å². The van der Waals surface area contributed by atoms with Crippen molar-refractivity contribution in [1.29, 1.82) is 0 Å². The van der Waals surface area contributed by atoms with E-state index < -0.39 is 15.8 Å². The Balaban J connectivity index is 2.15. The molecular weight excluding hydrogens is 313 g/mol. The molecule has 2 rings (SSSR count). The summed E-state index contributed by atoms with van der Waals surface area (Å²) >= 11 is 4.85. The largest absolute Gasteiger partial charge is 0.392 e. The smallest absolute Gasteiger partial charge is 0.243 e. The number of nitrogens with zero attached hydrogens (tertiary/aromatic N) is 2. The zero-order chi connectivity index (χ0) is 15.6. The molecule has 1 heterocycles. The summed E-state index contributed by atoms with van der Waals surface area (Å²) < 4.78 is 39.9. The number of aryl methyl sites for hydroxylation is 1. The Morgan fingerprint density at radius 1 is 1.33 bits per heavy atom. The average Bonchev–Trinajstić information content (AvgIpc) is 2.41. The quantitative estimate of drug-likeness (QED) is 0.824. The van der Waals surface area contributed by atoms with Crippen molar-refractivity contribution in [3.63, 3.8) is 0 Å². The Labute approximate surface area is 129 Å². The van der Waals surface area contributed by atoms with Gasteiger partial charge < -0.3 is 5.73 Å². The van der Waals surface area contributed by atoms with Crippen molar-refractivity contribution >= 4 is 27.2 Å². The molecule has 0 atom stereocenters. The van der Waals surface area contributed by atoms with Crippen LogP contribution in [-0.2, 0) is 10.0 Å². The average molecular weight is 331 g/mol. The summed E-state index contributed by atoms with van der Waals surface area (Å²) in [6, 6.07) is 3.81. The lowest BCUT2D eigenvalue weighted by molar-refractivity contribution is 0.209. The molecule has 1 aromatic carbocycles. The first kappa shape index (κ1) is 16.3. The molecule has 1 aliphatic rings. The van der Waals surface area contributed by atoms with Crippen molar-refractivity contribution < 1.29 is 12.8 Å². The van der Waals surface area contributed by atoms with Gasteiger partial charge in [0, 0.05) is 32.7 Å². The second-order valence-corrected chi connectivity index (χ2v) is 7.49. The van der Waals surface area contributed by atoms with Gasteiger partial charge in [-0.05, 0) is 24.6 Å². The van der Waals surface area contributed by atoms with E-state index in [0.717, 1.165) is 6.07 Å². The molecule has 1 aliphatic heterocycles. The van der Waals surface area contributed by atoms with E-state index in [-0.39, 0.29) is 4.90 Å². The van der Waals surface area contributed by atoms with Crippen LogP contribution in [0.4, 0.5) is 4.39 Å². The number of rotatable bonds is 4. The maximum atomic E-state index is 13.3. The second-order valence-electron chi connectivity index (χ2n) is 5.06. The highest BCUT2D eigenvalue weighted by Gasteiger charge is 2.29. The Morgan fingerprint density at radius 2 is 1.95 bits per heavy atom. The van der Waals surface area contributed by atoms with E-state index in [1.807, 2.05) is 4.90 Å². The monoisotopic (exact) mass is 331 g/mol. The third-order valence-corrected chi connectivity index (χ3v) is 5.65. The number of nitrogens with two attached hydrogens (primary N) is 1. The van der Waals surface area contributed by atoms with Crippen LogP contribution in [0.25, 0.3) is 0 Å². The van der Waals surface area contributed by atoms with Gasteiger partial charge in [-0.2, -0.15) is 4.31 Å². The van der Waals surface area contributed by atoms with Crippen molar-refractivity contribution in [3.8, 4) is 0 Å². The van der Waals surface area contributed by atoms with Gasteiger partial charge in [0.25, 0.3) is 0 Å². The van der Waals surface area contributed by atoms with Gasteiger partial charge in [-0.1, -0.05) is 18.3 Å². The van der Waals surface area contributed by atoms with Crippen molar-refractivity contribution in [1.82, 2.24) is 9.21 Å². The predicted octanol–water partition coefficient (Wildman–Crippen LogP) is 0.727. The minimum Gasteiger partial charge on any atom is -0.392 e. The van der Waals surface area contributed by atoms with E-state index in [2.05, 4.69) is 0 Å². The number of piperazine rings is 1. The maximum absolute atomic E-state index is 13.3. The predicted molar refractivity (Wildman–Crippen MR) is 83.1 cm³/mol. The van der Waals surface area contributed by atoms with Crippen LogP contribution in [-0.4, -0.2) is 55.3 Å². The normalized spacial score (nSPS) is 17.8. The number of sulfonamides is 1. The summed E-state index contributed by atoms with van der Waals surface area (Å²) in [6.07, 6.45) is 0. The molecule has 0 bridgehead atoms. The standard InChI is InChI=1S/C13H18FN3O2S2/c1-10-2-3-11(14)8-12(10)21(18,19)17-6-4-16(5-7-17)9-13(15)20/h2-3,8H,4-7,9H2,1H3,(H2,15,20). The molecule has 0 amide bonds. The van der Waals surface area contributed by atoms with Gasteiger partial charge in [-0.15, -0.1) is 0 Å². The summed E-state index contributed by atoms with van der Waals surface area (Å²) in [4.78, 5) is 2.44. The van der Waals surface area contributed by atoms with Gasteiger partial charge >= 0.3 is 0 Å². The first-order valence-electron chi connectivity index (χ1n) is 6.57. The van der Waals surface area contributed by atoms with E-state index in [0.29, 0.717) is 43.3 Å². The second kappa shape index (κ2) is 6.35. The summed E-state index contributed by atoms with van der Waals surface area (Å²) in [5.41, 5.74) is 6.03. The van der Waals surface area contributed by atoms with Crippen molar-refractivity contribution in [3.05, 3.63) is 29.6 Å². The summed E-state index contributed by atoms with van der Waals surface area (Å²) in [5.74, 6) is -0.550. The molecule has 0 radical (unpaired) electrons. The molecule has 0 saturated carbocycles. The van der Waals surface area contributed by atoms with Crippen LogP contribution in [0.5, 0.6) is 0 Å². The highest BCUT2D eigenvalue weighted by atomic mass is 32.2. The Morgan fingerprint density at radius 3 is 2.52 bits per heavy atom. The minimum atomic E-state index is -3.66.